The molecule has 0 aliphatic heterocycles. The molecule has 2 N–H and O–H groups in total. The first-order valence-electron chi connectivity index (χ1n) is 8.97. The third kappa shape index (κ3) is 2.94. The normalized spacial score (nSPS) is 20.6. The van der Waals surface area contributed by atoms with Crippen LogP contribution in [0.25, 0.3) is 11.1 Å². The number of alkyl carbamates (subject to hydrolysis) is 1. The van der Waals surface area contributed by atoms with Crippen LogP contribution in [-0.2, 0) is 9.53 Å². The van der Waals surface area contributed by atoms with Crippen LogP contribution in [0.4, 0.5) is 4.79 Å². The number of nitrogens with one attached hydrogen (secondary N) is 1. The quantitative estimate of drug-likeness (QED) is 0.862. The molecule has 1 amide bonds. The molecule has 2 aromatic rings. The minimum atomic E-state index is -0.782. The van der Waals surface area contributed by atoms with E-state index in [0.29, 0.717) is 13.0 Å². The zero-order chi connectivity index (χ0) is 18.1. The minimum Gasteiger partial charge on any atom is -0.481 e. The molecule has 0 bridgehead atoms. The van der Waals surface area contributed by atoms with Crippen LogP contribution in [0.1, 0.15) is 29.9 Å². The van der Waals surface area contributed by atoms with Crippen LogP contribution in [0, 0.1) is 11.8 Å². The van der Waals surface area contributed by atoms with Gasteiger partial charge in [0.05, 0.1) is 5.92 Å². The summed E-state index contributed by atoms with van der Waals surface area (Å²) < 4.78 is 5.46. The third-order valence-corrected chi connectivity index (χ3v) is 5.59. The number of rotatable bonds is 5. The van der Waals surface area contributed by atoms with E-state index in [2.05, 4.69) is 29.6 Å². The Hall–Kier alpha value is -2.82. The number of aliphatic carboxylic acids is 1. The number of fused-ring (bicyclic) bond motifs is 3. The summed E-state index contributed by atoms with van der Waals surface area (Å²) in [6.07, 6.45) is 1.04. The molecule has 26 heavy (non-hydrogen) atoms. The first-order valence-corrected chi connectivity index (χ1v) is 8.97. The highest BCUT2D eigenvalue weighted by molar-refractivity contribution is 5.79. The number of benzene rings is 2. The fraction of sp³-hybridized carbons (Fsp3) is 0.333. The average Bonchev–Trinajstić information content (AvgIpc) is 2.93. The van der Waals surface area contributed by atoms with E-state index >= 15 is 0 Å². The van der Waals surface area contributed by atoms with Gasteiger partial charge in [0.15, 0.2) is 0 Å². The van der Waals surface area contributed by atoms with Crippen molar-refractivity contribution in [3.8, 4) is 11.1 Å². The lowest BCUT2D eigenvalue weighted by Crippen LogP contribution is -2.41. The van der Waals surface area contributed by atoms with Gasteiger partial charge < -0.3 is 15.2 Å². The molecule has 2 aliphatic rings. The van der Waals surface area contributed by atoms with Gasteiger partial charge in [0, 0.05) is 12.5 Å². The van der Waals surface area contributed by atoms with Gasteiger partial charge in [-0.3, -0.25) is 4.79 Å². The Bertz CT molecular complexity index is 802. The van der Waals surface area contributed by atoms with Crippen molar-refractivity contribution in [2.45, 2.75) is 18.8 Å². The van der Waals surface area contributed by atoms with Crippen molar-refractivity contribution in [1.82, 2.24) is 5.32 Å². The van der Waals surface area contributed by atoms with Crippen LogP contribution >= 0.6 is 0 Å². The molecule has 2 aromatic carbocycles. The van der Waals surface area contributed by atoms with E-state index in [0.717, 1.165) is 6.42 Å². The number of ether oxygens (including phenoxy) is 1. The van der Waals surface area contributed by atoms with Crippen molar-refractivity contribution in [2.24, 2.45) is 11.8 Å². The Morgan fingerprint density at radius 3 is 2.15 bits per heavy atom. The Morgan fingerprint density at radius 2 is 1.62 bits per heavy atom. The van der Waals surface area contributed by atoms with Crippen molar-refractivity contribution >= 4 is 12.1 Å². The fourth-order valence-corrected chi connectivity index (χ4v) is 4.00. The van der Waals surface area contributed by atoms with Gasteiger partial charge >= 0.3 is 12.1 Å². The van der Waals surface area contributed by atoms with Gasteiger partial charge in [-0.1, -0.05) is 48.5 Å². The van der Waals surface area contributed by atoms with Crippen molar-refractivity contribution in [1.29, 1.82) is 0 Å². The number of carbonyl (C=O) groups excluding carboxylic acids is 1. The number of carbonyl (C=O) groups is 2. The van der Waals surface area contributed by atoms with Crippen LogP contribution in [0.15, 0.2) is 48.5 Å². The van der Waals surface area contributed by atoms with Gasteiger partial charge in [-0.25, -0.2) is 4.79 Å². The molecule has 0 aromatic heterocycles. The van der Waals surface area contributed by atoms with E-state index in [1.165, 1.54) is 22.3 Å². The summed E-state index contributed by atoms with van der Waals surface area (Å²) in [5.74, 6) is -1.09. The summed E-state index contributed by atoms with van der Waals surface area (Å²) >= 11 is 0. The second-order valence-corrected chi connectivity index (χ2v) is 6.99. The molecule has 5 heteroatoms. The topological polar surface area (TPSA) is 75.6 Å². The van der Waals surface area contributed by atoms with Crippen molar-refractivity contribution in [3.63, 3.8) is 0 Å². The molecule has 2 aliphatic carbocycles. The van der Waals surface area contributed by atoms with E-state index in [4.69, 9.17) is 9.84 Å². The molecule has 0 heterocycles. The van der Waals surface area contributed by atoms with Gasteiger partial charge in [-0.2, -0.15) is 0 Å². The number of amides is 1. The molecule has 0 unspecified atom stereocenters. The lowest BCUT2D eigenvalue weighted by molar-refractivity contribution is -0.147. The lowest BCUT2D eigenvalue weighted by Gasteiger charge is -2.33. The van der Waals surface area contributed by atoms with E-state index < -0.39 is 12.1 Å². The smallest absolute Gasteiger partial charge is 0.407 e. The maximum atomic E-state index is 12.1. The monoisotopic (exact) mass is 351 g/mol. The number of hydrogen-bond donors (Lipinski definition) is 2. The average molecular weight is 351 g/mol. The number of carboxylic acid groups (broad SMARTS) is 1. The second-order valence-electron chi connectivity index (χ2n) is 6.99. The van der Waals surface area contributed by atoms with Crippen molar-refractivity contribution in [3.05, 3.63) is 59.7 Å². The van der Waals surface area contributed by atoms with Gasteiger partial charge in [-0.15, -0.1) is 0 Å². The largest absolute Gasteiger partial charge is 0.481 e. The van der Waals surface area contributed by atoms with Crippen LogP contribution in [0.5, 0.6) is 0 Å². The maximum Gasteiger partial charge on any atom is 0.407 e. The zero-order valence-electron chi connectivity index (χ0n) is 14.4. The van der Waals surface area contributed by atoms with Crippen LogP contribution in [-0.4, -0.2) is 30.3 Å². The zero-order valence-corrected chi connectivity index (χ0v) is 14.4. The highest BCUT2D eigenvalue weighted by Crippen LogP contribution is 2.44. The molecule has 5 nitrogen and oxygen atoms in total. The maximum absolute atomic E-state index is 12.1. The summed E-state index contributed by atoms with van der Waals surface area (Å²) in [6.45, 7) is 0.626. The molecular formula is C21H21NO4. The molecule has 0 spiro atoms. The fourth-order valence-electron chi connectivity index (χ4n) is 4.00. The van der Waals surface area contributed by atoms with Gasteiger partial charge in [0.1, 0.15) is 6.61 Å². The van der Waals surface area contributed by atoms with Gasteiger partial charge in [0.2, 0.25) is 0 Å². The molecule has 4 rings (SSSR count). The molecule has 134 valence electrons. The Morgan fingerprint density at radius 1 is 1.00 bits per heavy atom. The standard InChI is InChI=1S/C21H21NO4/c23-20(24)14-10-9-13(14)11-22-21(25)26-12-19-17-7-3-1-5-15(17)16-6-2-4-8-18(16)19/h1-8,13-14,19H,9-12H2,(H,22,25)(H,23,24)/t13-,14-/m1/s1. The summed E-state index contributed by atoms with van der Waals surface area (Å²) in [7, 11) is 0. The SMILES string of the molecule is O=C(NC[C@H]1CC[C@H]1C(=O)O)OCC1c2ccccc2-c2ccccc21. The van der Waals surface area contributed by atoms with E-state index in [-0.39, 0.29) is 24.4 Å². The van der Waals surface area contributed by atoms with Gasteiger partial charge in [0.25, 0.3) is 0 Å². The predicted molar refractivity (Wildman–Crippen MR) is 96.9 cm³/mol. The highest BCUT2D eigenvalue weighted by atomic mass is 16.5. The third-order valence-electron chi connectivity index (χ3n) is 5.59. The molecule has 1 saturated carbocycles. The molecule has 2 atom stereocenters. The molecule has 1 fully saturated rings. The minimum absolute atomic E-state index is 0.00739. The predicted octanol–water partition coefficient (Wildman–Crippen LogP) is 3.64. The Labute approximate surface area is 152 Å². The Balaban J connectivity index is 1.37. The van der Waals surface area contributed by atoms with Crippen LogP contribution < -0.4 is 5.32 Å². The van der Waals surface area contributed by atoms with E-state index in [9.17, 15) is 9.59 Å². The van der Waals surface area contributed by atoms with Gasteiger partial charge in [-0.05, 0) is 41.0 Å². The molecule has 0 saturated heterocycles. The summed E-state index contributed by atoms with van der Waals surface area (Å²) in [5, 5.41) is 11.8. The number of carboxylic acids is 1. The summed E-state index contributed by atoms with van der Waals surface area (Å²) in [4.78, 5) is 23.1. The summed E-state index contributed by atoms with van der Waals surface area (Å²) in [5.41, 5.74) is 4.73. The van der Waals surface area contributed by atoms with Crippen molar-refractivity contribution < 1.29 is 19.4 Å². The first kappa shape index (κ1) is 16.6. The Kier molecular flexibility index (Phi) is 4.37. The molecular weight excluding hydrogens is 330 g/mol. The molecule has 0 radical (unpaired) electrons. The van der Waals surface area contributed by atoms with E-state index in [1.807, 2.05) is 24.3 Å². The highest BCUT2D eigenvalue weighted by Gasteiger charge is 2.36. The second kappa shape index (κ2) is 6.83. The lowest BCUT2D eigenvalue weighted by atomic mass is 9.74. The number of hydrogen-bond acceptors (Lipinski definition) is 3. The van der Waals surface area contributed by atoms with Crippen molar-refractivity contribution in [2.75, 3.05) is 13.2 Å². The summed E-state index contributed by atoms with van der Waals surface area (Å²) in [6, 6.07) is 16.4. The van der Waals surface area contributed by atoms with Crippen LogP contribution in [0.3, 0.4) is 0 Å². The van der Waals surface area contributed by atoms with Crippen LogP contribution in [0.2, 0.25) is 0 Å². The first-order chi connectivity index (χ1) is 12.6. The van der Waals surface area contributed by atoms with E-state index in [1.54, 1.807) is 0 Å².